The molecule has 7 heteroatoms. The van der Waals surface area contributed by atoms with E-state index >= 15 is 0 Å². The molecule has 0 amide bonds. The first-order chi connectivity index (χ1) is 7.98. The summed E-state index contributed by atoms with van der Waals surface area (Å²) in [7, 11) is -3.42. The maximum atomic E-state index is 11.6. The van der Waals surface area contributed by atoms with Gasteiger partial charge < -0.3 is 0 Å². The van der Waals surface area contributed by atoms with Crippen LogP contribution in [0.1, 0.15) is 12.0 Å². The third-order valence-corrected chi connectivity index (χ3v) is 3.88. The summed E-state index contributed by atoms with van der Waals surface area (Å²) in [6, 6.07) is 6.24. The topological polar surface area (TPSA) is 70.0 Å². The summed E-state index contributed by atoms with van der Waals surface area (Å²) in [5.74, 6) is 0.228. The predicted molar refractivity (Wildman–Crippen MR) is 68.9 cm³/mol. The fourth-order valence-corrected chi connectivity index (χ4v) is 2.71. The van der Waals surface area contributed by atoms with Crippen LogP contribution in [0.25, 0.3) is 0 Å². The molecule has 0 heterocycles. The zero-order valence-electron chi connectivity index (χ0n) is 8.78. The number of nitrogens with one attached hydrogen (secondary N) is 1. The van der Waals surface area contributed by atoms with Crippen LogP contribution in [0.15, 0.2) is 18.2 Å². The molecule has 1 aromatic rings. The Labute approximate surface area is 110 Å². The molecule has 0 unspecified atom stereocenters. The molecule has 0 aliphatic heterocycles. The normalized spacial score (nSPS) is 10.9. The monoisotopic (exact) mass is 292 g/mol. The molecule has 0 fully saturated rings. The van der Waals surface area contributed by atoms with Crippen LogP contribution in [0.3, 0.4) is 0 Å². The second-order valence-electron chi connectivity index (χ2n) is 3.27. The number of hydrogen-bond donors (Lipinski definition) is 1. The first-order valence-electron chi connectivity index (χ1n) is 4.74. The van der Waals surface area contributed by atoms with E-state index in [-0.39, 0.29) is 22.2 Å². The van der Waals surface area contributed by atoms with E-state index in [1.165, 1.54) is 18.2 Å². The van der Waals surface area contributed by atoms with Gasteiger partial charge in [0.1, 0.15) is 6.07 Å². The minimum absolute atomic E-state index is 0.0546. The van der Waals surface area contributed by atoms with E-state index in [1.54, 1.807) is 0 Å². The van der Waals surface area contributed by atoms with Gasteiger partial charge in [-0.3, -0.25) is 4.72 Å². The Kier molecular flexibility index (Phi) is 5.06. The zero-order chi connectivity index (χ0) is 12.9. The molecule has 0 aliphatic rings. The molecule has 0 aromatic heterocycles. The van der Waals surface area contributed by atoms with Gasteiger partial charge >= 0.3 is 0 Å². The van der Waals surface area contributed by atoms with Gasteiger partial charge in [-0.25, -0.2) is 8.42 Å². The fourth-order valence-electron chi connectivity index (χ4n) is 1.15. The van der Waals surface area contributed by atoms with Gasteiger partial charge in [0.05, 0.1) is 16.3 Å². The minimum atomic E-state index is -3.42. The molecule has 17 heavy (non-hydrogen) atoms. The first-order valence-corrected chi connectivity index (χ1v) is 7.31. The van der Waals surface area contributed by atoms with Crippen molar-refractivity contribution in [1.82, 2.24) is 0 Å². The molecule has 4 nitrogen and oxygen atoms in total. The molecular weight excluding hydrogens is 283 g/mol. The quantitative estimate of drug-likeness (QED) is 0.848. The Morgan fingerprint density at radius 1 is 1.41 bits per heavy atom. The first kappa shape index (κ1) is 14.1. The molecule has 0 bridgehead atoms. The molecule has 0 saturated carbocycles. The Hall–Kier alpha value is -0.960. The maximum absolute atomic E-state index is 11.6. The lowest BCUT2D eigenvalue weighted by Gasteiger charge is -2.07. The second kappa shape index (κ2) is 6.10. The van der Waals surface area contributed by atoms with Crippen molar-refractivity contribution in [3.05, 3.63) is 28.8 Å². The Morgan fingerprint density at radius 2 is 2.12 bits per heavy atom. The van der Waals surface area contributed by atoms with Gasteiger partial charge in [0.25, 0.3) is 0 Å². The van der Waals surface area contributed by atoms with E-state index in [1.807, 2.05) is 6.07 Å². The van der Waals surface area contributed by atoms with Crippen molar-refractivity contribution in [2.45, 2.75) is 6.42 Å². The van der Waals surface area contributed by atoms with E-state index in [2.05, 4.69) is 4.72 Å². The fraction of sp³-hybridized carbons (Fsp3) is 0.300. The van der Waals surface area contributed by atoms with Crippen LogP contribution in [0, 0.1) is 11.3 Å². The van der Waals surface area contributed by atoms with Gasteiger partial charge in [0, 0.05) is 11.6 Å². The van der Waals surface area contributed by atoms with Crippen LogP contribution in [-0.2, 0) is 10.0 Å². The van der Waals surface area contributed by atoms with Crippen LogP contribution in [0.4, 0.5) is 5.69 Å². The Morgan fingerprint density at radius 3 is 2.71 bits per heavy atom. The third-order valence-electron chi connectivity index (χ3n) is 1.91. The summed E-state index contributed by atoms with van der Waals surface area (Å²) < 4.78 is 25.5. The average molecular weight is 293 g/mol. The van der Waals surface area contributed by atoms with Crippen molar-refractivity contribution in [2.24, 2.45) is 0 Å². The highest BCUT2D eigenvalue weighted by Gasteiger charge is 2.10. The van der Waals surface area contributed by atoms with Crippen LogP contribution < -0.4 is 4.72 Å². The van der Waals surface area contributed by atoms with Crippen molar-refractivity contribution in [1.29, 1.82) is 5.26 Å². The van der Waals surface area contributed by atoms with Crippen LogP contribution in [0.2, 0.25) is 5.02 Å². The molecule has 0 saturated heterocycles. The highest BCUT2D eigenvalue weighted by molar-refractivity contribution is 7.92. The smallest absolute Gasteiger partial charge is 0.232 e. The van der Waals surface area contributed by atoms with Gasteiger partial charge in [-0.2, -0.15) is 5.26 Å². The third kappa shape index (κ3) is 4.43. The number of anilines is 1. The van der Waals surface area contributed by atoms with Gasteiger partial charge in [-0.05, 0) is 24.6 Å². The summed E-state index contributed by atoms with van der Waals surface area (Å²) in [6.07, 6.45) is 0.371. The summed E-state index contributed by atoms with van der Waals surface area (Å²) in [5.41, 5.74) is 0.546. The van der Waals surface area contributed by atoms with Crippen molar-refractivity contribution < 1.29 is 8.42 Å². The SMILES string of the molecule is N#Cc1cc(NS(=O)(=O)CCCCl)ccc1Cl. The van der Waals surface area contributed by atoms with E-state index < -0.39 is 10.0 Å². The standard InChI is InChI=1S/C10H10Cl2N2O2S/c11-4-1-5-17(15,16)14-9-2-3-10(12)8(6-9)7-13/h2-3,6,14H,1,4-5H2. The molecule has 0 aliphatic carbocycles. The van der Waals surface area contributed by atoms with Gasteiger partial charge in [0.2, 0.25) is 10.0 Å². The van der Waals surface area contributed by atoms with Crippen LogP contribution in [0.5, 0.6) is 0 Å². The molecule has 0 radical (unpaired) electrons. The molecule has 0 atom stereocenters. The Bertz CT molecular complexity index is 538. The maximum Gasteiger partial charge on any atom is 0.232 e. The molecule has 1 N–H and O–H groups in total. The summed E-state index contributed by atoms with van der Waals surface area (Å²) in [6.45, 7) is 0. The number of alkyl halides is 1. The van der Waals surface area contributed by atoms with Crippen molar-refractivity contribution >= 4 is 38.9 Å². The molecule has 0 spiro atoms. The number of hydrogen-bond acceptors (Lipinski definition) is 3. The number of benzene rings is 1. The van der Waals surface area contributed by atoms with E-state index in [9.17, 15) is 8.42 Å². The van der Waals surface area contributed by atoms with Crippen molar-refractivity contribution in [3.63, 3.8) is 0 Å². The number of sulfonamides is 1. The average Bonchev–Trinajstić information content (AvgIpc) is 2.29. The lowest BCUT2D eigenvalue weighted by Crippen LogP contribution is -2.17. The number of nitriles is 1. The minimum Gasteiger partial charge on any atom is -0.284 e. The number of halogens is 2. The zero-order valence-corrected chi connectivity index (χ0v) is 11.1. The molecule has 92 valence electrons. The molecule has 1 rings (SSSR count). The molecule has 1 aromatic carbocycles. The largest absolute Gasteiger partial charge is 0.284 e. The summed E-state index contributed by atoms with van der Waals surface area (Å²) in [4.78, 5) is 0. The summed E-state index contributed by atoms with van der Waals surface area (Å²) >= 11 is 11.2. The highest BCUT2D eigenvalue weighted by Crippen LogP contribution is 2.20. The van der Waals surface area contributed by atoms with Gasteiger partial charge in [-0.1, -0.05) is 11.6 Å². The second-order valence-corrected chi connectivity index (χ2v) is 5.90. The Balaban J connectivity index is 2.86. The van der Waals surface area contributed by atoms with Crippen molar-refractivity contribution in [2.75, 3.05) is 16.4 Å². The molecular formula is C10H10Cl2N2O2S. The van der Waals surface area contributed by atoms with Gasteiger partial charge in [-0.15, -0.1) is 11.6 Å². The van der Waals surface area contributed by atoms with Gasteiger partial charge in [0.15, 0.2) is 0 Å². The van der Waals surface area contributed by atoms with Crippen molar-refractivity contribution in [3.8, 4) is 6.07 Å². The van der Waals surface area contributed by atoms with E-state index in [0.717, 1.165) is 0 Å². The van der Waals surface area contributed by atoms with Crippen LogP contribution in [-0.4, -0.2) is 20.1 Å². The number of rotatable bonds is 5. The van der Waals surface area contributed by atoms with Crippen LogP contribution >= 0.6 is 23.2 Å². The lowest BCUT2D eigenvalue weighted by molar-refractivity contribution is 0.600. The predicted octanol–water partition coefficient (Wildman–Crippen LogP) is 2.58. The number of nitrogens with zero attached hydrogens (tertiary/aromatic N) is 1. The highest BCUT2D eigenvalue weighted by atomic mass is 35.5. The van der Waals surface area contributed by atoms with E-state index in [4.69, 9.17) is 28.5 Å². The van der Waals surface area contributed by atoms with E-state index in [0.29, 0.717) is 12.1 Å². The lowest BCUT2D eigenvalue weighted by atomic mass is 10.2. The summed E-state index contributed by atoms with van der Waals surface area (Å²) in [5, 5.41) is 9.04.